The smallest absolute Gasteiger partial charge is 0.303 e. The van der Waals surface area contributed by atoms with Gasteiger partial charge in [-0.15, -0.1) is 0 Å². The summed E-state index contributed by atoms with van der Waals surface area (Å²) in [5.74, 6) is -0.553. The van der Waals surface area contributed by atoms with Gasteiger partial charge in [0.2, 0.25) is 0 Å². The van der Waals surface area contributed by atoms with E-state index in [0.717, 1.165) is 0 Å². The van der Waals surface area contributed by atoms with E-state index in [-0.39, 0.29) is 5.78 Å². The van der Waals surface area contributed by atoms with Gasteiger partial charge in [-0.05, 0) is 12.2 Å². The third-order valence-corrected chi connectivity index (χ3v) is 1.01. The Morgan fingerprint density at radius 3 is 2.56 bits per heavy atom. The lowest BCUT2D eigenvalue weighted by Gasteiger charge is -2.14. The van der Waals surface area contributed by atoms with E-state index in [1.165, 1.54) is 13.0 Å². The van der Waals surface area contributed by atoms with Gasteiger partial charge in [0, 0.05) is 6.92 Å². The summed E-state index contributed by atoms with van der Waals surface area (Å²) in [6.07, 6.45) is 2.33. The standard InChI is InChI=1S/C6H6O3/c1-4(7)9-6-3-2-5(6)8/h2-3,6H,1H3. The van der Waals surface area contributed by atoms with Gasteiger partial charge in [0.25, 0.3) is 0 Å². The first-order valence-corrected chi connectivity index (χ1v) is 2.59. The summed E-state index contributed by atoms with van der Waals surface area (Å²) in [7, 11) is 0. The van der Waals surface area contributed by atoms with Crippen molar-refractivity contribution in [2.45, 2.75) is 13.0 Å². The maximum atomic E-state index is 10.4. The summed E-state index contributed by atoms with van der Waals surface area (Å²) in [6, 6.07) is 0. The molecule has 0 aromatic rings. The Balaban J connectivity index is 2.40. The van der Waals surface area contributed by atoms with Crippen LogP contribution in [0.5, 0.6) is 0 Å². The third-order valence-electron chi connectivity index (χ3n) is 1.01. The van der Waals surface area contributed by atoms with Crippen molar-refractivity contribution < 1.29 is 14.3 Å². The summed E-state index contributed by atoms with van der Waals surface area (Å²) in [4.78, 5) is 20.6. The molecule has 0 N–H and O–H groups in total. The molecule has 0 aliphatic heterocycles. The van der Waals surface area contributed by atoms with E-state index in [1.807, 2.05) is 0 Å². The molecule has 0 heterocycles. The summed E-state index contributed by atoms with van der Waals surface area (Å²) in [5, 5.41) is 0. The number of ketones is 1. The van der Waals surface area contributed by atoms with Gasteiger partial charge in [-0.1, -0.05) is 0 Å². The van der Waals surface area contributed by atoms with Gasteiger partial charge in [-0.2, -0.15) is 0 Å². The van der Waals surface area contributed by atoms with Crippen molar-refractivity contribution in [3.63, 3.8) is 0 Å². The summed E-state index contributed by atoms with van der Waals surface area (Å²) >= 11 is 0. The predicted molar refractivity (Wildman–Crippen MR) is 29.7 cm³/mol. The second kappa shape index (κ2) is 2.01. The maximum Gasteiger partial charge on any atom is 0.303 e. The van der Waals surface area contributed by atoms with E-state index in [4.69, 9.17) is 0 Å². The average molecular weight is 126 g/mol. The van der Waals surface area contributed by atoms with Gasteiger partial charge in [0.1, 0.15) is 0 Å². The van der Waals surface area contributed by atoms with Gasteiger partial charge in [-0.25, -0.2) is 0 Å². The Morgan fingerprint density at radius 1 is 1.78 bits per heavy atom. The number of hydrogen-bond acceptors (Lipinski definition) is 3. The molecule has 0 bridgehead atoms. The zero-order chi connectivity index (χ0) is 6.85. The Kier molecular flexibility index (Phi) is 1.34. The number of hydrogen-bond donors (Lipinski definition) is 0. The molecule has 1 rings (SSSR count). The summed E-state index contributed by atoms with van der Waals surface area (Å²) < 4.78 is 4.52. The van der Waals surface area contributed by atoms with Crippen LogP contribution in [0, 0.1) is 0 Å². The van der Waals surface area contributed by atoms with Crippen LogP contribution in [-0.4, -0.2) is 17.9 Å². The second-order valence-electron chi connectivity index (χ2n) is 1.79. The Labute approximate surface area is 52.3 Å². The van der Waals surface area contributed by atoms with Crippen molar-refractivity contribution in [1.82, 2.24) is 0 Å². The van der Waals surface area contributed by atoms with Crippen LogP contribution in [0.25, 0.3) is 0 Å². The Morgan fingerprint density at radius 2 is 2.44 bits per heavy atom. The van der Waals surface area contributed by atoms with Crippen molar-refractivity contribution in [2.24, 2.45) is 0 Å². The third kappa shape index (κ3) is 1.16. The van der Waals surface area contributed by atoms with Crippen LogP contribution in [0.2, 0.25) is 0 Å². The van der Waals surface area contributed by atoms with Gasteiger partial charge in [0.15, 0.2) is 11.9 Å². The Hall–Kier alpha value is -1.12. The summed E-state index contributed by atoms with van der Waals surface area (Å²) in [5.41, 5.74) is 0. The largest absolute Gasteiger partial charge is 0.450 e. The molecule has 0 aromatic carbocycles. The van der Waals surface area contributed by atoms with Crippen molar-refractivity contribution >= 4 is 11.8 Å². The highest BCUT2D eigenvalue weighted by atomic mass is 16.5. The van der Waals surface area contributed by atoms with E-state index in [1.54, 1.807) is 6.08 Å². The maximum absolute atomic E-state index is 10.4. The number of carbonyl (C=O) groups excluding carboxylic acids is 2. The molecule has 1 unspecified atom stereocenters. The highest BCUT2D eigenvalue weighted by molar-refractivity contribution is 6.02. The molecular formula is C6H6O3. The van der Waals surface area contributed by atoms with Crippen molar-refractivity contribution in [1.29, 1.82) is 0 Å². The average Bonchev–Trinajstić information content (AvgIpc) is 1.79. The van der Waals surface area contributed by atoms with Crippen LogP contribution in [0.1, 0.15) is 6.92 Å². The molecule has 0 amide bonds. The first kappa shape index (κ1) is 6.01. The van der Waals surface area contributed by atoms with Crippen molar-refractivity contribution in [3.05, 3.63) is 12.2 Å². The molecule has 0 fully saturated rings. The molecule has 48 valence electrons. The number of rotatable bonds is 1. The molecule has 0 radical (unpaired) electrons. The van der Waals surface area contributed by atoms with Crippen LogP contribution in [0.15, 0.2) is 12.2 Å². The molecule has 9 heavy (non-hydrogen) atoms. The van der Waals surface area contributed by atoms with Crippen LogP contribution in [-0.2, 0) is 14.3 Å². The van der Waals surface area contributed by atoms with Crippen LogP contribution < -0.4 is 0 Å². The molecule has 3 heteroatoms. The lowest BCUT2D eigenvalue weighted by atomic mass is 10.1. The molecule has 0 saturated carbocycles. The van der Waals surface area contributed by atoms with Crippen molar-refractivity contribution in [2.75, 3.05) is 0 Å². The molecular weight excluding hydrogens is 120 g/mol. The molecule has 0 saturated heterocycles. The zero-order valence-corrected chi connectivity index (χ0v) is 4.96. The van der Waals surface area contributed by atoms with E-state index in [0.29, 0.717) is 0 Å². The molecule has 0 aromatic heterocycles. The fourth-order valence-electron chi connectivity index (χ4n) is 0.530. The fraction of sp³-hybridized carbons (Fsp3) is 0.333. The SMILES string of the molecule is CC(=O)OC1C=CC1=O. The quantitative estimate of drug-likeness (QED) is 0.466. The lowest BCUT2D eigenvalue weighted by molar-refractivity contribution is -0.150. The topological polar surface area (TPSA) is 43.4 Å². The highest BCUT2D eigenvalue weighted by Gasteiger charge is 2.22. The minimum atomic E-state index is -0.595. The molecule has 0 spiro atoms. The van der Waals surface area contributed by atoms with Crippen molar-refractivity contribution in [3.8, 4) is 0 Å². The Bertz CT molecular complexity index is 181. The molecule has 1 aliphatic carbocycles. The molecule has 1 aliphatic rings. The minimum Gasteiger partial charge on any atom is -0.450 e. The van der Waals surface area contributed by atoms with E-state index < -0.39 is 12.1 Å². The van der Waals surface area contributed by atoms with Crippen LogP contribution >= 0.6 is 0 Å². The van der Waals surface area contributed by atoms with Gasteiger partial charge >= 0.3 is 5.97 Å². The molecule has 1 atom stereocenters. The highest BCUT2D eigenvalue weighted by Crippen LogP contribution is 2.07. The van der Waals surface area contributed by atoms with E-state index >= 15 is 0 Å². The second-order valence-corrected chi connectivity index (χ2v) is 1.79. The van der Waals surface area contributed by atoms with Crippen LogP contribution in [0.3, 0.4) is 0 Å². The number of carbonyl (C=O) groups is 2. The fourth-order valence-corrected chi connectivity index (χ4v) is 0.530. The van der Waals surface area contributed by atoms with Crippen LogP contribution in [0.4, 0.5) is 0 Å². The lowest BCUT2D eigenvalue weighted by Crippen LogP contribution is -2.29. The normalized spacial score (nSPS) is 23.2. The van der Waals surface area contributed by atoms with Gasteiger partial charge in [0.05, 0.1) is 0 Å². The monoisotopic (exact) mass is 126 g/mol. The minimum absolute atomic E-state index is 0.134. The first-order chi connectivity index (χ1) is 4.20. The summed E-state index contributed by atoms with van der Waals surface area (Å²) in [6.45, 7) is 1.28. The number of ether oxygens (including phenoxy) is 1. The number of esters is 1. The molecule has 3 nitrogen and oxygen atoms in total. The predicted octanol–water partition coefficient (Wildman–Crippen LogP) is 0.0570. The van der Waals surface area contributed by atoms with E-state index in [2.05, 4.69) is 4.74 Å². The zero-order valence-electron chi connectivity index (χ0n) is 4.96. The van der Waals surface area contributed by atoms with E-state index in [9.17, 15) is 9.59 Å². The van der Waals surface area contributed by atoms with Gasteiger partial charge < -0.3 is 4.74 Å². The van der Waals surface area contributed by atoms with Gasteiger partial charge in [-0.3, -0.25) is 9.59 Å². The first-order valence-electron chi connectivity index (χ1n) is 2.59.